The van der Waals surface area contributed by atoms with Gasteiger partial charge in [0.05, 0.1) is 25.2 Å². The number of rotatable bonds is 5. The highest BCUT2D eigenvalue weighted by Gasteiger charge is 2.51. The summed E-state index contributed by atoms with van der Waals surface area (Å²) in [5.74, 6) is -1.27. The zero-order valence-corrected chi connectivity index (χ0v) is 11.8. The number of methoxy groups -OCH3 is 1. The standard InChI is InChI=1S/C14H21NO4/c1-6-7-10-11(9(4)16)13(17)15(10)12(8(2)3)14(18)19-5/h6,9-11,16H,1,7H2,2-5H3/t9-,10+,11-/m0/s1. The quantitative estimate of drug-likeness (QED) is 0.352. The van der Waals surface area contributed by atoms with Crippen LogP contribution in [-0.2, 0) is 14.3 Å². The number of aliphatic hydroxyl groups is 1. The Morgan fingerprint density at radius 2 is 2.16 bits per heavy atom. The molecule has 0 saturated carbocycles. The van der Waals surface area contributed by atoms with Crippen molar-refractivity contribution < 1.29 is 19.4 Å². The lowest BCUT2D eigenvalue weighted by Crippen LogP contribution is -2.64. The van der Waals surface area contributed by atoms with Gasteiger partial charge < -0.3 is 14.7 Å². The van der Waals surface area contributed by atoms with Crippen molar-refractivity contribution >= 4 is 11.9 Å². The lowest BCUT2D eigenvalue weighted by molar-refractivity contribution is -0.164. The first-order valence-electron chi connectivity index (χ1n) is 6.24. The maximum absolute atomic E-state index is 12.1. The number of aliphatic hydroxyl groups excluding tert-OH is 1. The van der Waals surface area contributed by atoms with E-state index in [0.717, 1.165) is 0 Å². The summed E-state index contributed by atoms with van der Waals surface area (Å²) in [6.45, 7) is 8.73. The summed E-state index contributed by atoms with van der Waals surface area (Å²) >= 11 is 0. The van der Waals surface area contributed by atoms with Gasteiger partial charge in [-0.15, -0.1) is 6.58 Å². The number of likely N-dealkylation sites (tertiary alicyclic amines) is 1. The van der Waals surface area contributed by atoms with E-state index in [1.54, 1.807) is 26.8 Å². The Morgan fingerprint density at radius 1 is 1.58 bits per heavy atom. The topological polar surface area (TPSA) is 66.8 Å². The molecule has 0 aromatic heterocycles. The van der Waals surface area contributed by atoms with Gasteiger partial charge in [0.25, 0.3) is 0 Å². The molecule has 1 N–H and O–H groups in total. The largest absolute Gasteiger partial charge is 0.464 e. The number of esters is 1. The number of amides is 1. The van der Waals surface area contributed by atoms with Gasteiger partial charge in [0, 0.05) is 0 Å². The first-order chi connectivity index (χ1) is 8.86. The highest BCUT2D eigenvalue weighted by molar-refractivity contribution is 5.98. The average Bonchev–Trinajstić information content (AvgIpc) is 2.33. The van der Waals surface area contributed by atoms with Crippen LogP contribution in [0.2, 0.25) is 0 Å². The third kappa shape index (κ3) is 2.71. The summed E-state index contributed by atoms with van der Waals surface area (Å²) in [6, 6.07) is -0.242. The fourth-order valence-corrected chi connectivity index (χ4v) is 2.43. The van der Waals surface area contributed by atoms with Gasteiger partial charge in [0.1, 0.15) is 5.70 Å². The maximum Gasteiger partial charge on any atom is 0.354 e. The minimum absolute atomic E-state index is 0.242. The fourth-order valence-electron chi connectivity index (χ4n) is 2.43. The molecule has 3 atom stereocenters. The fraction of sp³-hybridized carbons (Fsp3) is 0.571. The zero-order valence-electron chi connectivity index (χ0n) is 11.8. The van der Waals surface area contributed by atoms with Gasteiger partial charge >= 0.3 is 5.97 Å². The summed E-state index contributed by atoms with van der Waals surface area (Å²) < 4.78 is 4.72. The van der Waals surface area contributed by atoms with Crippen LogP contribution in [0.5, 0.6) is 0 Å². The van der Waals surface area contributed by atoms with E-state index in [1.807, 2.05) is 0 Å². The number of carbonyl (C=O) groups excluding carboxylic acids is 2. The second-order valence-electron chi connectivity index (χ2n) is 4.91. The minimum atomic E-state index is -0.746. The molecule has 0 spiro atoms. The second-order valence-corrected chi connectivity index (χ2v) is 4.91. The van der Waals surface area contributed by atoms with Crippen LogP contribution < -0.4 is 0 Å². The first kappa shape index (κ1) is 15.4. The molecule has 1 aliphatic heterocycles. The average molecular weight is 267 g/mol. The van der Waals surface area contributed by atoms with E-state index in [1.165, 1.54) is 12.0 Å². The van der Waals surface area contributed by atoms with E-state index < -0.39 is 18.0 Å². The van der Waals surface area contributed by atoms with Crippen LogP contribution in [0.1, 0.15) is 27.2 Å². The van der Waals surface area contributed by atoms with E-state index in [0.29, 0.717) is 12.0 Å². The predicted molar refractivity (Wildman–Crippen MR) is 71.0 cm³/mol. The smallest absolute Gasteiger partial charge is 0.354 e. The SMILES string of the molecule is C=CC[C@@H]1[C@H]([C@H](C)O)C(=O)N1C(C(=O)OC)=C(C)C. The van der Waals surface area contributed by atoms with Crippen LogP contribution in [0.25, 0.3) is 0 Å². The Kier molecular flexibility index (Phi) is 4.89. The highest BCUT2D eigenvalue weighted by Crippen LogP contribution is 2.36. The molecule has 1 amide bonds. The molecule has 5 heteroatoms. The van der Waals surface area contributed by atoms with Crippen LogP contribution in [0.4, 0.5) is 0 Å². The Balaban J connectivity index is 3.11. The number of ether oxygens (including phenoxy) is 1. The number of nitrogens with zero attached hydrogens (tertiary/aromatic N) is 1. The van der Waals surface area contributed by atoms with Gasteiger partial charge in [0.15, 0.2) is 0 Å². The van der Waals surface area contributed by atoms with Gasteiger partial charge in [-0.3, -0.25) is 4.79 Å². The Labute approximate surface area is 113 Å². The van der Waals surface area contributed by atoms with Gasteiger partial charge in [-0.25, -0.2) is 4.79 Å². The molecule has 0 bridgehead atoms. The van der Waals surface area contributed by atoms with E-state index >= 15 is 0 Å². The normalized spacial score (nSPS) is 23.4. The Bertz CT molecular complexity index is 421. The van der Waals surface area contributed by atoms with Gasteiger partial charge in [0.2, 0.25) is 5.91 Å². The van der Waals surface area contributed by atoms with Crippen molar-refractivity contribution in [3.8, 4) is 0 Å². The molecule has 1 aliphatic rings. The van der Waals surface area contributed by atoms with Gasteiger partial charge in [-0.05, 0) is 32.8 Å². The molecule has 1 saturated heterocycles. The third-order valence-corrected chi connectivity index (χ3v) is 3.29. The summed E-state index contributed by atoms with van der Waals surface area (Å²) in [4.78, 5) is 25.4. The van der Waals surface area contributed by atoms with Crippen molar-refractivity contribution in [1.82, 2.24) is 4.90 Å². The Morgan fingerprint density at radius 3 is 2.53 bits per heavy atom. The number of hydrogen-bond donors (Lipinski definition) is 1. The second kappa shape index (κ2) is 6.02. The third-order valence-electron chi connectivity index (χ3n) is 3.29. The van der Waals surface area contributed by atoms with Crippen molar-refractivity contribution in [2.75, 3.05) is 7.11 Å². The number of allylic oxidation sites excluding steroid dienone is 1. The van der Waals surface area contributed by atoms with E-state index in [2.05, 4.69) is 6.58 Å². The molecule has 5 nitrogen and oxygen atoms in total. The van der Waals surface area contributed by atoms with Crippen molar-refractivity contribution in [2.45, 2.75) is 39.3 Å². The van der Waals surface area contributed by atoms with E-state index in [4.69, 9.17) is 4.74 Å². The predicted octanol–water partition coefficient (Wildman–Crippen LogP) is 1.24. The highest BCUT2D eigenvalue weighted by atomic mass is 16.5. The molecular weight excluding hydrogens is 246 g/mol. The number of β-lactam (4-membered cyclic amide) rings is 1. The summed E-state index contributed by atoms with van der Waals surface area (Å²) in [6.07, 6.45) is 1.46. The van der Waals surface area contributed by atoms with Crippen molar-refractivity contribution in [1.29, 1.82) is 0 Å². The van der Waals surface area contributed by atoms with Crippen LogP contribution in [-0.4, -0.2) is 41.1 Å². The summed E-state index contributed by atoms with van der Waals surface area (Å²) in [7, 11) is 1.28. The molecular formula is C14H21NO4. The number of carbonyl (C=O) groups is 2. The maximum atomic E-state index is 12.1. The molecule has 0 radical (unpaired) electrons. The molecule has 0 aromatic rings. The molecule has 0 unspecified atom stereocenters. The lowest BCUT2D eigenvalue weighted by Gasteiger charge is -2.48. The van der Waals surface area contributed by atoms with Crippen LogP contribution in [0.15, 0.2) is 23.9 Å². The van der Waals surface area contributed by atoms with Crippen LogP contribution in [0, 0.1) is 5.92 Å². The molecule has 1 fully saturated rings. The van der Waals surface area contributed by atoms with Crippen LogP contribution >= 0.6 is 0 Å². The summed E-state index contributed by atoms with van der Waals surface area (Å²) in [5, 5.41) is 9.66. The Hall–Kier alpha value is -1.62. The van der Waals surface area contributed by atoms with Crippen LogP contribution in [0.3, 0.4) is 0 Å². The van der Waals surface area contributed by atoms with Crippen molar-refractivity contribution in [3.63, 3.8) is 0 Å². The molecule has 1 rings (SSSR count). The molecule has 0 aliphatic carbocycles. The lowest BCUT2D eigenvalue weighted by atomic mass is 9.80. The molecule has 1 heterocycles. The minimum Gasteiger partial charge on any atom is -0.464 e. The van der Waals surface area contributed by atoms with Gasteiger partial charge in [-0.2, -0.15) is 0 Å². The molecule has 19 heavy (non-hydrogen) atoms. The van der Waals surface area contributed by atoms with Gasteiger partial charge in [-0.1, -0.05) is 6.08 Å². The number of hydrogen-bond acceptors (Lipinski definition) is 4. The zero-order chi connectivity index (χ0) is 14.7. The van der Waals surface area contributed by atoms with Crippen molar-refractivity contribution in [3.05, 3.63) is 23.9 Å². The molecule has 0 aromatic carbocycles. The van der Waals surface area contributed by atoms with E-state index in [9.17, 15) is 14.7 Å². The molecule has 106 valence electrons. The van der Waals surface area contributed by atoms with E-state index in [-0.39, 0.29) is 17.6 Å². The first-order valence-corrected chi connectivity index (χ1v) is 6.24. The summed E-state index contributed by atoms with van der Waals surface area (Å²) in [5.41, 5.74) is 0.967. The monoisotopic (exact) mass is 267 g/mol. The van der Waals surface area contributed by atoms with Crippen molar-refractivity contribution in [2.24, 2.45) is 5.92 Å².